The Hall–Kier alpha value is -3.93. The molecule has 0 saturated heterocycles. The Kier molecular flexibility index (Phi) is 6.44. The number of carbonyl (C=O) groups excluding carboxylic acids is 5. The van der Waals surface area contributed by atoms with Crippen molar-refractivity contribution in [2.45, 2.75) is 30.6 Å². The molecule has 5 N–H and O–H groups in total. The molecule has 2 fully saturated rings. The second kappa shape index (κ2) is 9.33. The van der Waals surface area contributed by atoms with E-state index >= 15 is 0 Å². The number of nitrogens with two attached hydrogens (primary N) is 1. The van der Waals surface area contributed by atoms with E-state index in [0.29, 0.717) is 22.4 Å². The summed E-state index contributed by atoms with van der Waals surface area (Å²) in [5, 5.41) is 34.7. The lowest BCUT2D eigenvalue weighted by Crippen LogP contribution is -2.77. The average molecular weight is 551 g/mol. The number of methoxy groups -OCH3 is 1. The molecule has 2 saturated carbocycles. The number of likely N-dealkylation sites (N-methyl/N-ethyl adjacent to an activating group) is 1. The molecule has 8 atom stereocenters. The second-order valence-corrected chi connectivity index (χ2v) is 11.0. The van der Waals surface area contributed by atoms with Gasteiger partial charge in [-0.1, -0.05) is 31.2 Å². The number of benzene rings is 2. The summed E-state index contributed by atoms with van der Waals surface area (Å²) in [5.41, 5.74) is 3.40. The molecule has 40 heavy (non-hydrogen) atoms. The van der Waals surface area contributed by atoms with Crippen LogP contribution >= 0.6 is 0 Å². The van der Waals surface area contributed by atoms with Gasteiger partial charge >= 0.3 is 0 Å². The molecule has 5 rings (SSSR count). The fraction of sp³-hybridized carbons (Fsp3) is 0.414. The van der Waals surface area contributed by atoms with Crippen LogP contribution in [0.25, 0.3) is 11.1 Å². The highest BCUT2D eigenvalue weighted by molar-refractivity contribution is 6.32. The normalized spacial score (nSPS) is 33.3. The van der Waals surface area contributed by atoms with Crippen LogP contribution in [0.4, 0.5) is 0 Å². The van der Waals surface area contributed by atoms with Gasteiger partial charge in [0, 0.05) is 11.5 Å². The summed E-state index contributed by atoms with van der Waals surface area (Å²) >= 11 is 0. The highest BCUT2D eigenvalue weighted by Crippen LogP contribution is 2.55. The summed E-state index contributed by atoms with van der Waals surface area (Å²) in [6.07, 6.45) is -1.67. The molecule has 3 aliphatic rings. The number of amides is 1. The highest BCUT2D eigenvalue weighted by Gasteiger charge is 2.72. The molecule has 0 aromatic heterocycles. The fourth-order valence-corrected chi connectivity index (χ4v) is 6.99. The summed E-state index contributed by atoms with van der Waals surface area (Å²) in [6.45, 7) is 1.67. The maximum Gasteiger partial charge on any atom is 0.235 e. The number of ketones is 4. The van der Waals surface area contributed by atoms with Gasteiger partial charge in [-0.15, -0.1) is 0 Å². The number of hydrogen-bond acceptors (Lipinski definition) is 10. The number of hydrogen-bond donors (Lipinski definition) is 4. The first-order valence-corrected chi connectivity index (χ1v) is 12.8. The molecule has 0 bridgehead atoms. The molecule has 0 aliphatic heterocycles. The molecule has 210 valence electrons. The molecule has 2 aromatic carbocycles. The van der Waals surface area contributed by atoms with E-state index in [2.05, 4.69) is 0 Å². The molecule has 3 aliphatic carbocycles. The third kappa shape index (κ3) is 3.51. The molecule has 11 nitrogen and oxygen atoms in total. The van der Waals surface area contributed by atoms with E-state index < -0.39 is 76.4 Å². The van der Waals surface area contributed by atoms with Crippen molar-refractivity contribution < 1.29 is 44.0 Å². The van der Waals surface area contributed by atoms with E-state index in [1.165, 1.54) is 26.1 Å². The molecule has 2 aromatic rings. The molecule has 0 radical (unpaired) electrons. The standard InChI is InChI=1S/C29H30N2O9/c1-11-14-9-10-15(12-5-7-13(40-4)8-6-12)22(32)17(14)23(33)18-16(11)24(34)20-21(31(2)3)25(35)19(28(30)38)27(37)29(20,39)26(18)36/h5-11,16,18-21,24,32,34,39H,1-4H3,(H2,30,38)/t11?,16?,18?,19?,20?,21-,24?,29-/m0/s1. The SMILES string of the molecule is COc1ccc(-c2ccc3c(c2O)C(=O)C2C(=O)[C@]4(O)C(=O)C(C(N)=O)C(=O)[C@@H](N(C)C)C4C(O)C2C3C)cc1. The predicted molar refractivity (Wildman–Crippen MR) is 139 cm³/mol. The van der Waals surface area contributed by atoms with E-state index in [1.807, 2.05) is 0 Å². The molecule has 6 unspecified atom stereocenters. The fourth-order valence-electron chi connectivity index (χ4n) is 6.99. The number of carbonyl (C=O) groups is 5. The summed E-state index contributed by atoms with van der Waals surface area (Å²) in [4.78, 5) is 68.1. The Balaban J connectivity index is 1.68. The number of phenolic OH excluding ortho intramolecular Hbond substituents is 1. The topological polar surface area (TPSA) is 185 Å². The molecule has 0 spiro atoms. The second-order valence-electron chi connectivity index (χ2n) is 11.0. The van der Waals surface area contributed by atoms with E-state index in [-0.39, 0.29) is 11.3 Å². The number of Topliss-reactive ketones (excluding diaryl/α,β-unsaturated/α-hetero) is 4. The van der Waals surface area contributed by atoms with Gasteiger partial charge in [0.05, 0.1) is 36.7 Å². The van der Waals surface area contributed by atoms with Crippen LogP contribution in [0.2, 0.25) is 0 Å². The number of ether oxygens (including phenoxy) is 1. The zero-order chi connectivity index (χ0) is 29.4. The Morgan fingerprint density at radius 3 is 2.20 bits per heavy atom. The van der Waals surface area contributed by atoms with Gasteiger partial charge in [-0.25, -0.2) is 0 Å². The van der Waals surface area contributed by atoms with Crippen LogP contribution in [0.15, 0.2) is 36.4 Å². The number of rotatable bonds is 4. The van der Waals surface area contributed by atoms with Crippen molar-refractivity contribution in [3.05, 3.63) is 47.5 Å². The minimum absolute atomic E-state index is 0.153. The van der Waals surface area contributed by atoms with Crippen LogP contribution in [0.3, 0.4) is 0 Å². The lowest BCUT2D eigenvalue weighted by atomic mass is 9.49. The number of fused-ring (bicyclic) bond motifs is 3. The van der Waals surface area contributed by atoms with Crippen LogP contribution in [0, 0.1) is 23.7 Å². The van der Waals surface area contributed by atoms with E-state index in [0.717, 1.165) is 0 Å². The third-order valence-electron chi connectivity index (χ3n) is 8.89. The summed E-state index contributed by atoms with van der Waals surface area (Å²) < 4.78 is 5.17. The summed E-state index contributed by atoms with van der Waals surface area (Å²) in [6, 6.07) is 8.58. The number of aliphatic hydroxyl groups excluding tert-OH is 1. The number of primary amides is 1. The van der Waals surface area contributed by atoms with Crippen LogP contribution in [0.5, 0.6) is 11.5 Å². The quantitative estimate of drug-likeness (QED) is 0.380. The van der Waals surface area contributed by atoms with E-state index in [9.17, 15) is 39.3 Å². The first-order chi connectivity index (χ1) is 18.8. The predicted octanol–water partition coefficient (Wildman–Crippen LogP) is 0.0744. The van der Waals surface area contributed by atoms with Gasteiger partial charge in [0.15, 0.2) is 34.7 Å². The van der Waals surface area contributed by atoms with Crippen molar-refractivity contribution in [3.8, 4) is 22.6 Å². The summed E-state index contributed by atoms with van der Waals surface area (Å²) in [7, 11) is 4.41. The maximum atomic E-state index is 14.0. The molecule has 11 heteroatoms. The van der Waals surface area contributed by atoms with Gasteiger partial charge in [-0.05, 0) is 43.3 Å². The lowest BCUT2D eigenvalue weighted by molar-refractivity contribution is -0.196. The van der Waals surface area contributed by atoms with E-state index in [4.69, 9.17) is 10.5 Å². The van der Waals surface area contributed by atoms with Crippen molar-refractivity contribution in [1.29, 1.82) is 0 Å². The zero-order valence-corrected chi connectivity index (χ0v) is 22.3. The Labute approximate surface area is 229 Å². The highest BCUT2D eigenvalue weighted by atomic mass is 16.5. The Morgan fingerprint density at radius 2 is 1.65 bits per heavy atom. The zero-order valence-electron chi connectivity index (χ0n) is 22.3. The van der Waals surface area contributed by atoms with Crippen molar-refractivity contribution in [1.82, 2.24) is 4.90 Å². The van der Waals surface area contributed by atoms with Gasteiger partial charge in [0.2, 0.25) is 5.91 Å². The van der Waals surface area contributed by atoms with Gasteiger partial charge in [0.25, 0.3) is 0 Å². The first kappa shape index (κ1) is 27.6. The molecular weight excluding hydrogens is 520 g/mol. The largest absolute Gasteiger partial charge is 0.507 e. The summed E-state index contributed by atoms with van der Waals surface area (Å²) in [5.74, 6) is -12.9. The van der Waals surface area contributed by atoms with Gasteiger partial charge in [-0.3, -0.25) is 28.9 Å². The van der Waals surface area contributed by atoms with Crippen molar-refractivity contribution >= 4 is 29.0 Å². The van der Waals surface area contributed by atoms with Crippen LogP contribution in [0.1, 0.15) is 28.8 Å². The first-order valence-electron chi connectivity index (χ1n) is 12.8. The monoisotopic (exact) mass is 550 g/mol. The maximum absolute atomic E-state index is 14.0. The minimum atomic E-state index is -3.03. The van der Waals surface area contributed by atoms with Crippen molar-refractivity contribution in [2.75, 3.05) is 21.2 Å². The van der Waals surface area contributed by atoms with E-state index in [1.54, 1.807) is 43.3 Å². The number of aliphatic hydroxyl groups is 2. The Morgan fingerprint density at radius 1 is 1.02 bits per heavy atom. The van der Waals surface area contributed by atoms with Crippen molar-refractivity contribution in [3.63, 3.8) is 0 Å². The van der Waals surface area contributed by atoms with Crippen LogP contribution < -0.4 is 10.5 Å². The number of nitrogens with zero attached hydrogens (tertiary/aromatic N) is 1. The molecule has 1 amide bonds. The number of phenols is 1. The van der Waals surface area contributed by atoms with Gasteiger partial charge < -0.3 is 25.8 Å². The van der Waals surface area contributed by atoms with Crippen LogP contribution in [-0.4, -0.2) is 88.2 Å². The molecule has 0 heterocycles. The van der Waals surface area contributed by atoms with Crippen LogP contribution in [-0.2, 0) is 19.2 Å². The van der Waals surface area contributed by atoms with Gasteiger partial charge in [0.1, 0.15) is 11.5 Å². The van der Waals surface area contributed by atoms with Gasteiger partial charge in [-0.2, -0.15) is 0 Å². The molecular formula is C29H30N2O9. The lowest BCUT2D eigenvalue weighted by Gasteiger charge is -2.56. The van der Waals surface area contributed by atoms with Crippen molar-refractivity contribution in [2.24, 2.45) is 29.4 Å². The minimum Gasteiger partial charge on any atom is -0.507 e. The average Bonchev–Trinajstić information content (AvgIpc) is 2.90. The third-order valence-corrected chi connectivity index (χ3v) is 8.89. The Bertz CT molecular complexity index is 1470. The number of aromatic hydroxyl groups is 1. The smallest absolute Gasteiger partial charge is 0.235 e.